The molecule has 3 aromatic heterocycles. The smallest absolute Gasteiger partial charge is 0.263 e. The molecule has 4 aromatic rings. The van der Waals surface area contributed by atoms with E-state index in [1.165, 1.54) is 39.8 Å². The number of hydrogen-bond donors (Lipinski definition) is 1. The van der Waals surface area contributed by atoms with Gasteiger partial charge < -0.3 is 5.32 Å². The van der Waals surface area contributed by atoms with Crippen molar-refractivity contribution in [3.63, 3.8) is 0 Å². The largest absolute Gasteiger partial charge is 0.350 e. The summed E-state index contributed by atoms with van der Waals surface area (Å²) in [5.41, 5.74) is 1.32. The van der Waals surface area contributed by atoms with E-state index in [-0.39, 0.29) is 23.0 Å². The summed E-state index contributed by atoms with van der Waals surface area (Å²) in [6.07, 6.45) is 0. The van der Waals surface area contributed by atoms with Gasteiger partial charge in [0.25, 0.3) is 5.56 Å². The predicted octanol–water partition coefficient (Wildman–Crippen LogP) is 4.27. The van der Waals surface area contributed by atoms with Gasteiger partial charge in [0, 0.05) is 22.9 Å². The number of thiophene rings is 2. The number of carbonyl (C=O) groups is 1. The number of nitrogens with one attached hydrogen (secondary N) is 1. The van der Waals surface area contributed by atoms with Gasteiger partial charge in [-0.1, -0.05) is 30.0 Å². The second-order valence-electron chi connectivity index (χ2n) is 6.24. The molecule has 29 heavy (non-hydrogen) atoms. The molecule has 0 aliphatic carbocycles. The van der Waals surface area contributed by atoms with Crippen LogP contribution in [0.25, 0.3) is 21.3 Å². The monoisotopic (exact) mass is 445 g/mol. The summed E-state index contributed by atoms with van der Waals surface area (Å²) in [7, 11) is 1.65. The van der Waals surface area contributed by atoms with Crippen LogP contribution in [0.15, 0.2) is 57.1 Å². The fourth-order valence-electron chi connectivity index (χ4n) is 2.80. The minimum atomic E-state index is -0.324. The summed E-state index contributed by atoms with van der Waals surface area (Å²) in [6, 6.07) is 9.95. The Hall–Kier alpha value is -2.49. The van der Waals surface area contributed by atoms with E-state index in [4.69, 9.17) is 0 Å². The lowest BCUT2D eigenvalue weighted by molar-refractivity contribution is -0.118. The predicted molar refractivity (Wildman–Crippen MR) is 117 cm³/mol. The molecule has 0 bridgehead atoms. The van der Waals surface area contributed by atoms with E-state index in [0.717, 1.165) is 16.0 Å². The molecule has 9 heteroatoms. The van der Waals surface area contributed by atoms with Gasteiger partial charge in [0.1, 0.15) is 10.6 Å². The van der Waals surface area contributed by atoms with Crippen LogP contribution in [0.1, 0.15) is 4.88 Å². The zero-order chi connectivity index (χ0) is 20.4. The van der Waals surface area contributed by atoms with E-state index in [0.29, 0.717) is 21.9 Å². The lowest BCUT2D eigenvalue weighted by atomic mass is 10.1. The highest BCUT2D eigenvalue weighted by Crippen LogP contribution is 2.32. The van der Waals surface area contributed by atoms with Crippen LogP contribution in [0.5, 0.6) is 0 Å². The molecular weight excluding hydrogens is 429 g/mol. The summed E-state index contributed by atoms with van der Waals surface area (Å²) in [4.78, 5) is 31.3. The summed E-state index contributed by atoms with van der Waals surface area (Å²) in [5.74, 6) is -0.265. The number of nitrogens with zero attached hydrogens (tertiary/aromatic N) is 2. The summed E-state index contributed by atoms with van der Waals surface area (Å²) in [5, 5.41) is 7.68. The van der Waals surface area contributed by atoms with Gasteiger partial charge in [-0.2, -0.15) is 0 Å². The third-order valence-electron chi connectivity index (χ3n) is 4.30. The number of aromatic nitrogens is 2. The maximum absolute atomic E-state index is 13.2. The minimum Gasteiger partial charge on any atom is -0.350 e. The molecule has 0 saturated heterocycles. The number of carbonyl (C=O) groups excluding carboxylic acids is 1. The number of rotatable bonds is 6. The van der Waals surface area contributed by atoms with Crippen molar-refractivity contribution in [2.24, 2.45) is 7.05 Å². The minimum absolute atomic E-state index is 0.115. The molecule has 0 aliphatic rings. The van der Waals surface area contributed by atoms with Crippen molar-refractivity contribution in [1.82, 2.24) is 14.9 Å². The molecule has 0 radical (unpaired) electrons. The SMILES string of the molecule is Cn1c(SCC(=O)NCc2cccs2)nc2scc(-c3ccc(F)cc3)c2c1=O. The average Bonchev–Trinajstić information content (AvgIpc) is 3.38. The Morgan fingerprint density at radius 3 is 2.76 bits per heavy atom. The zero-order valence-corrected chi connectivity index (χ0v) is 17.8. The van der Waals surface area contributed by atoms with E-state index >= 15 is 0 Å². The number of halogens is 1. The highest BCUT2D eigenvalue weighted by Gasteiger charge is 2.16. The molecule has 0 saturated carbocycles. The van der Waals surface area contributed by atoms with Gasteiger partial charge in [-0.15, -0.1) is 22.7 Å². The van der Waals surface area contributed by atoms with Crippen LogP contribution in [0, 0.1) is 5.82 Å². The average molecular weight is 446 g/mol. The van der Waals surface area contributed by atoms with Crippen LogP contribution in [0.4, 0.5) is 4.39 Å². The Bertz CT molecular complexity index is 1210. The highest BCUT2D eigenvalue weighted by atomic mass is 32.2. The molecule has 0 atom stereocenters. The topological polar surface area (TPSA) is 64.0 Å². The second kappa shape index (κ2) is 8.48. The first kappa shape index (κ1) is 19.8. The van der Waals surface area contributed by atoms with E-state index in [9.17, 15) is 14.0 Å². The van der Waals surface area contributed by atoms with E-state index in [1.54, 1.807) is 30.5 Å². The molecule has 0 spiro atoms. The molecule has 0 fully saturated rings. The Morgan fingerprint density at radius 2 is 2.03 bits per heavy atom. The van der Waals surface area contributed by atoms with E-state index < -0.39 is 0 Å². The Kier molecular flexibility index (Phi) is 5.79. The normalized spacial score (nSPS) is 11.1. The second-order valence-corrected chi connectivity index (χ2v) is 9.07. The summed E-state index contributed by atoms with van der Waals surface area (Å²) < 4.78 is 14.7. The van der Waals surface area contributed by atoms with Crippen LogP contribution in [0.2, 0.25) is 0 Å². The standard InChI is InChI=1S/C20H16FN3O2S3/c1-24-19(26)17-15(12-4-6-13(21)7-5-12)10-28-18(17)23-20(24)29-11-16(25)22-9-14-3-2-8-27-14/h2-8,10H,9,11H2,1H3,(H,22,25). The molecule has 1 aromatic carbocycles. The van der Waals surface area contributed by atoms with E-state index in [2.05, 4.69) is 10.3 Å². The Labute approximate surface area is 178 Å². The Balaban J connectivity index is 1.54. The van der Waals surface area contributed by atoms with Gasteiger partial charge in [-0.3, -0.25) is 14.2 Å². The molecule has 148 valence electrons. The molecule has 5 nitrogen and oxygen atoms in total. The fraction of sp³-hybridized carbons (Fsp3) is 0.150. The maximum Gasteiger partial charge on any atom is 0.263 e. The van der Waals surface area contributed by atoms with Crippen LogP contribution in [-0.2, 0) is 18.4 Å². The third kappa shape index (κ3) is 4.26. The van der Waals surface area contributed by atoms with Gasteiger partial charge in [0.05, 0.1) is 17.7 Å². The van der Waals surface area contributed by atoms with Crippen molar-refractivity contribution in [2.75, 3.05) is 5.75 Å². The van der Waals surface area contributed by atoms with Gasteiger partial charge in [0.2, 0.25) is 5.91 Å². The first-order valence-electron chi connectivity index (χ1n) is 8.69. The van der Waals surface area contributed by atoms with E-state index in [1.807, 2.05) is 22.9 Å². The Morgan fingerprint density at radius 1 is 1.24 bits per heavy atom. The van der Waals surface area contributed by atoms with Crippen molar-refractivity contribution >= 4 is 50.6 Å². The van der Waals surface area contributed by atoms with Crippen LogP contribution < -0.4 is 10.9 Å². The molecule has 1 amide bonds. The van der Waals surface area contributed by atoms with Gasteiger partial charge >= 0.3 is 0 Å². The first-order chi connectivity index (χ1) is 14.0. The number of amides is 1. The molecule has 0 aliphatic heterocycles. The fourth-order valence-corrected chi connectivity index (χ4v) is 5.24. The molecule has 4 rings (SSSR count). The van der Waals surface area contributed by atoms with Crippen molar-refractivity contribution in [3.05, 3.63) is 68.2 Å². The molecule has 3 heterocycles. The molecule has 0 unspecified atom stereocenters. The number of fused-ring (bicyclic) bond motifs is 1. The van der Waals surface area contributed by atoms with Crippen LogP contribution >= 0.6 is 34.4 Å². The quantitative estimate of drug-likeness (QED) is 0.356. The van der Waals surface area contributed by atoms with Crippen molar-refractivity contribution in [2.45, 2.75) is 11.7 Å². The van der Waals surface area contributed by atoms with Gasteiger partial charge in [-0.05, 0) is 29.1 Å². The van der Waals surface area contributed by atoms with Crippen LogP contribution in [-0.4, -0.2) is 21.2 Å². The molecular formula is C20H16FN3O2S3. The van der Waals surface area contributed by atoms with Crippen LogP contribution in [0.3, 0.4) is 0 Å². The highest BCUT2D eigenvalue weighted by molar-refractivity contribution is 7.99. The number of benzene rings is 1. The van der Waals surface area contributed by atoms with Crippen molar-refractivity contribution in [1.29, 1.82) is 0 Å². The molecule has 1 N–H and O–H groups in total. The lowest BCUT2D eigenvalue weighted by Crippen LogP contribution is -2.25. The lowest BCUT2D eigenvalue weighted by Gasteiger charge is -2.08. The zero-order valence-electron chi connectivity index (χ0n) is 15.3. The number of thioether (sulfide) groups is 1. The number of hydrogen-bond acceptors (Lipinski definition) is 6. The van der Waals surface area contributed by atoms with Gasteiger partial charge in [-0.25, -0.2) is 9.37 Å². The van der Waals surface area contributed by atoms with Gasteiger partial charge in [0.15, 0.2) is 5.16 Å². The van der Waals surface area contributed by atoms with Crippen molar-refractivity contribution in [3.8, 4) is 11.1 Å². The first-order valence-corrected chi connectivity index (χ1v) is 11.4. The summed E-state index contributed by atoms with van der Waals surface area (Å²) >= 11 is 4.18. The third-order valence-corrected chi connectivity index (χ3v) is 7.08. The maximum atomic E-state index is 13.2. The summed E-state index contributed by atoms with van der Waals surface area (Å²) in [6.45, 7) is 0.494. The van der Waals surface area contributed by atoms with Crippen molar-refractivity contribution < 1.29 is 9.18 Å².